The summed E-state index contributed by atoms with van der Waals surface area (Å²) in [5.41, 5.74) is 3.91. The van der Waals surface area contributed by atoms with Gasteiger partial charge in [0.25, 0.3) is 0 Å². The van der Waals surface area contributed by atoms with Crippen molar-refractivity contribution in [2.24, 2.45) is 0 Å². The number of hydrogen-bond donors (Lipinski definition) is 0. The summed E-state index contributed by atoms with van der Waals surface area (Å²) in [6, 6.07) is 24.3. The van der Waals surface area contributed by atoms with Gasteiger partial charge in [0.1, 0.15) is 0 Å². The first kappa shape index (κ1) is 49.2. The molecule has 0 aliphatic rings. The van der Waals surface area contributed by atoms with Crippen LogP contribution in [0.4, 0.5) is 0 Å². The van der Waals surface area contributed by atoms with Gasteiger partial charge in [-0.3, -0.25) is 19.9 Å². The Labute approximate surface area is 324 Å². The number of hydrogen-bond acceptors (Lipinski definition) is 12. The second-order valence-corrected chi connectivity index (χ2v) is 10.3. The van der Waals surface area contributed by atoms with Crippen molar-refractivity contribution in [3.63, 3.8) is 0 Å². The standard InChI is InChI=1S/2C12H8N2.2C6H10O4.2H2O.2Zn/c2*1-3-9-5-6-10-4-2-8-14-12(10)11(9)13-7-1;2*7-5(8)3-1-2-4-6(9)10;;;;/h2*1-8H;2*1-4H2,(H,7,8)(H,9,10);2*1H2;;/q;;;;;;2*+2/p-2. The third-order valence-electron chi connectivity index (χ3n) is 6.71. The summed E-state index contributed by atoms with van der Waals surface area (Å²) >= 11 is 0. The molecule has 0 saturated heterocycles. The molecular weight excluding hydrogens is 779 g/mol. The summed E-state index contributed by atoms with van der Waals surface area (Å²) in [6.45, 7) is 0. The van der Waals surface area contributed by atoms with Gasteiger partial charge in [0, 0.05) is 70.2 Å². The molecule has 0 aliphatic carbocycles. The Morgan fingerprint density at radius 2 is 0.577 bits per heavy atom. The van der Waals surface area contributed by atoms with Crippen LogP contribution in [0.2, 0.25) is 0 Å². The molecule has 52 heavy (non-hydrogen) atoms. The smallest absolute Gasteiger partial charge is 0.550 e. The molecule has 0 atom stereocenters. The van der Waals surface area contributed by atoms with Gasteiger partial charge < -0.3 is 50.6 Å². The van der Waals surface area contributed by atoms with Crippen molar-refractivity contribution < 1.29 is 89.5 Å². The molecule has 0 fully saturated rings. The van der Waals surface area contributed by atoms with Crippen molar-refractivity contribution in [1.29, 1.82) is 0 Å². The van der Waals surface area contributed by atoms with E-state index in [1.54, 1.807) is 24.8 Å². The predicted molar refractivity (Wildman–Crippen MR) is 181 cm³/mol. The number of nitrogens with zero attached hydrogens (tertiary/aromatic N) is 4. The van der Waals surface area contributed by atoms with Crippen molar-refractivity contribution in [1.82, 2.24) is 19.9 Å². The molecule has 0 radical (unpaired) electrons. The maximum absolute atomic E-state index is 9.77. The molecule has 4 heterocycles. The van der Waals surface area contributed by atoms with Crippen molar-refractivity contribution >= 4 is 67.5 Å². The molecule has 6 N–H and O–H groups in total. The monoisotopic (exact) mass is 814 g/mol. The van der Waals surface area contributed by atoms with Crippen LogP contribution in [0.5, 0.6) is 0 Å². The van der Waals surface area contributed by atoms with Crippen molar-refractivity contribution in [3.8, 4) is 0 Å². The Kier molecular flexibility index (Phi) is 25.4. The largest absolute Gasteiger partial charge is 2.00 e. The van der Waals surface area contributed by atoms with Crippen LogP contribution in [0, 0.1) is 0 Å². The van der Waals surface area contributed by atoms with E-state index in [4.69, 9.17) is 0 Å². The van der Waals surface area contributed by atoms with Gasteiger partial charge in [-0.25, -0.2) is 0 Å². The van der Waals surface area contributed by atoms with E-state index in [2.05, 4.69) is 68.5 Å². The van der Waals surface area contributed by atoms with Crippen LogP contribution in [0.25, 0.3) is 43.6 Å². The van der Waals surface area contributed by atoms with Gasteiger partial charge in [-0.1, -0.05) is 48.5 Å². The summed E-state index contributed by atoms with van der Waals surface area (Å²) in [7, 11) is 0. The van der Waals surface area contributed by atoms with Crippen LogP contribution < -0.4 is 20.4 Å². The minimum atomic E-state index is -1.14. The molecule has 6 rings (SSSR count). The number of aromatic nitrogens is 4. The van der Waals surface area contributed by atoms with E-state index in [-0.39, 0.29) is 75.6 Å². The Bertz CT molecular complexity index is 1720. The molecule has 6 aromatic rings. The van der Waals surface area contributed by atoms with Crippen LogP contribution >= 0.6 is 0 Å². The van der Waals surface area contributed by atoms with Crippen LogP contribution in [-0.2, 0) is 69.1 Å². The van der Waals surface area contributed by atoms with E-state index in [0.29, 0.717) is 25.7 Å². The zero-order valence-corrected chi connectivity index (χ0v) is 34.5. The number of carbonyl (C=O) groups is 4. The number of fused-ring (bicyclic) bond motifs is 6. The number of pyridine rings is 4. The minimum Gasteiger partial charge on any atom is -0.550 e. The van der Waals surface area contributed by atoms with Gasteiger partial charge in [-0.15, -0.1) is 0 Å². The van der Waals surface area contributed by atoms with E-state index in [1.807, 2.05) is 24.3 Å². The Morgan fingerprint density at radius 3 is 0.750 bits per heavy atom. The SMILES string of the molecule is O=C([O-])CCCCC(=O)[O-].O=C([O-])CCCCC(=O)[O-].[OH3+].[OH3+].[Zn+2].[Zn+2].c1cnc2c(c1)ccc1cccnc12.c1cnc2c(c1)ccc1cccnc12. The van der Waals surface area contributed by atoms with Gasteiger partial charge >= 0.3 is 39.0 Å². The average molecular weight is 817 g/mol. The fourth-order valence-electron chi connectivity index (χ4n) is 4.44. The van der Waals surface area contributed by atoms with Crippen molar-refractivity contribution in [2.45, 2.75) is 51.4 Å². The predicted octanol–water partition coefficient (Wildman–Crippen LogP) is -0.190. The van der Waals surface area contributed by atoms with E-state index in [0.717, 1.165) is 43.6 Å². The van der Waals surface area contributed by atoms with Crippen LogP contribution in [0.15, 0.2) is 97.6 Å². The van der Waals surface area contributed by atoms with E-state index in [9.17, 15) is 39.6 Å². The zero-order chi connectivity index (χ0) is 34.7. The Hall–Kier alpha value is -4.87. The first-order valence-corrected chi connectivity index (χ1v) is 15.1. The summed E-state index contributed by atoms with van der Waals surface area (Å²) < 4.78 is 0. The van der Waals surface area contributed by atoms with Crippen molar-refractivity contribution in [2.75, 3.05) is 0 Å². The molecule has 16 heteroatoms. The average Bonchev–Trinajstić information content (AvgIpc) is 3.09. The number of carbonyl (C=O) groups excluding carboxylic acids is 4. The molecule has 2 aromatic carbocycles. The number of benzene rings is 2. The molecular formula is C36H38N4O10Zn2+2. The van der Waals surface area contributed by atoms with Crippen LogP contribution in [0.1, 0.15) is 51.4 Å². The first-order chi connectivity index (χ1) is 23.2. The van der Waals surface area contributed by atoms with E-state index in [1.165, 1.54) is 0 Å². The zero-order valence-electron chi connectivity index (χ0n) is 28.5. The quantitative estimate of drug-likeness (QED) is 0.0753. The topological polar surface area (TPSA) is 278 Å². The van der Waals surface area contributed by atoms with Crippen molar-refractivity contribution in [3.05, 3.63) is 97.6 Å². The third-order valence-corrected chi connectivity index (χ3v) is 6.71. The van der Waals surface area contributed by atoms with Gasteiger partial charge in [-0.2, -0.15) is 0 Å². The molecule has 4 aromatic heterocycles. The van der Waals surface area contributed by atoms with Gasteiger partial charge in [0.05, 0.1) is 22.1 Å². The molecule has 0 unspecified atom stereocenters. The molecule has 0 saturated carbocycles. The van der Waals surface area contributed by atoms with Crippen LogP contribution in [0.3, 0.4) is 0 Å². The fraction of sp³-hybridized carbons (Fsp3) is 0.222. The summed E-state index contributed by atoms with van der Waals surface area (Å²) in [5, 5.41) is 43.6. The van der Waals surface area contributed by atoms with Gasteiger partial charge in [0.15, 0.2) is 0 Å². The van der Waals surface area contributed by atoms with E-state index < -0.39 is 23.9 Å². The maximum Gasteiger partial charge on any atom is 2.00 e. The Balaban J connectivity index is 0. The summed E-state index contributed by atoms with van der Waals surface area (Å²) in [4.78, 5) is 56.5. The molecule has 264 valence electrons. The number of aliphatic carboxylic acids is 4. The third kappa shape index (κ3) is 17.4. The summed E-state index contributed by atoms with van der Waals surface area (Å²) in [6.07, 6.45) is 8.28. The molecule has 0 amide bonds. The van der Waals surface area contributed by atoms with Gasteiger partial charge in [-0.05, 0) is 75.6 Å². The maximum atomic E-state index is 9.77. The van der Waals surface area contributed by atoms with E-state index >= 15 is 0 Å². The molecule has 0 aliphatic heterocycles. The second kappa shape index (κ2) is 26.9. The Morgan fingerprint density at radius 1 is 0.385 bits per heavy atom. The fourth-order valence-corrected chi connectivity index (χ4v) is 4.44. The van der Waals surface area contributed by atoms with Crippen LogP contribution in [-0.4, -0.2) is 43.8 Å². The normalized spacial score (nSPS) is 9.38. The molecule has 14 nitrogen and oxygen atoms in total. The number of unbranched alkanes of at least 4 members (excludes halogenated alkanes) is 2. The number of rotatable bonds is 10. The first-order valence-electron chi connectivity index (χ1n) is 15.1. The summed E-state index contributed by atoms with van der Waals surface area (Å²) in [5.74, 6) is -4.56. The molecule has 0 spiro atoms. The number of carboxylic acid groups (broad SMARTS) is 4. The second-order valence-electron chi connectivity index (χ2n) is 10.3. The van der Waals surface area contributed by atoms with Gasteiger partial charge in [0.2, 0.25) is 0 Å². The minimum absolute atomic E-state index is 0. The number of carboxylic acids is 4. The molecule has 0 bridgehead atoms.